The standard InChI is InChI=1S/C14H18Cl2FN3/c1-4-8(2)20-13(18)19-7-14(20,3)9-5-12(17)11(16)6-10(9)15/h5-6,8H,4,7H2,1-3H3,(H2,18,19). The molecule has 0 fully saturated rings. The molecule has 2 N–H and O–H groups in total. The molecule has 3 nitrogen and oxygen atoms in total. The average Bonchev–Trinajstić information content (AvgIpc) is 2.70. The van der Waals surface area contributed by atoms with Crippen molar-refractivity contribution in [1.29, 1.82) is 0 Å². The lowest BCUT2D eigenvalue weighted by atomic mass is 9.89. The lowest BCUT2D eigenvalue weighted by Crippen LogP contribution is -2.51. The van der Waals surface area contributed by atoms with Crippen LogP contribution in [0.2, 0.25) is 10.0 Å². The molecule has 0 amide bonds. The van der Waals surface area contributed by atoms with E-state index in [0.717, 1.165) is 6.42 Å². The zero-order valence-corrected chi connectivity index (χ0v) is 13.3. The number of guanidine groups is 1. The van der Waals surface area contributed by atoms with E-state index in [9.17, 15) is 4.39 Å². The Balaban J connectivity index is 2.53. The van der Waals surface area contributed by atoms with Crippen molar-refractivity contribution in [2.24, 2.45) is 10.7 Å². The predicted octanol–water partition coefficient (Wildman–Crippen LogP) is 3.78. The highest BCUT2D eigenvalue weighted by molar-refractivity contribution is 6.35. The van der Waals surface area contributed by atoms with Gasteiger partial charge in [-0.15, -0.1) is 0 Å². The normalized spacial score (nSPS) is 23.9. The van der Waals surface area contributed by atoms with E-state index in [-0.39, 0.29) is 11.1 Å². The third-order valence-electron chi connectivity index (χ3n) is 3.95. The summed E-state index contributed by atoms with van der Waals surface area (Å²) in [5, 5.41) is 0.446. The van der Waals surface area contributed by atoms with Crippen LogP contribution in [0.5, 0.6) is 0 Å². The summed E-state index contributed by atoms with van der Waals surface area (Å²) in [6.45, 7) is 6.55. The molecule has 6 heteroatoms. The molecular weight excluding hydrogens is 300 g/mol. The van der Waals surface area contributed by atoms with Crippen LogP contribution in [0.4, 0.5) is 4.39 Å². The zero-order valence-electron chi connectivity index (χ0n) is 11.8. The highest BCUT2D eigenvalue weighted by Gasteiger charge is 2.43. The van der Waals surface area contributed by atoms with Crippen molar-refractivity contribution in [3.8, 4) is 0 Å². The molecular formula is C14H18Cl2FN3. The minimum atomic E-state index is -0.554. The Labute approximate surface area is 128 Å². The van der Waals surface area contributed by atoms with Crippen molar-refractivity contribution in [3.05, 3.63) is 33.6 Å². The molecule has 2 rings (SSSR count). The Bertz CT molecular complexity index is 562. The smallest absolute Gasteiger partial charge is 0.192 e. The van der Waals surface area contributed by atoms with Crippen LogP contribution in [-0.4, -0.2) is 23.4 Å². The van der Waals surface area contributed by atoms with Crippen LogP contribution >= 0.6 is 23.2 Å². The maximum atomic E-state index is 13.8. The lowest BCUT2D eigenvalue weighted by molar-refractivity contribution is 0.171. The number of aliphatic imine (C=N–C) groups is 1. The summed E-state index contributed by atoms with van der Waals surface area (Å²) in [4.78, 5) is 6.32. The molecule has 0 radical (unpaired) electrons. The number of hydrogen-bond acceptors (Lipinski definition) is 3. The largest absolute Gasteiger partial charge is 0.370 e. The van der Waals surface area contributed by atoms with Crippen LogP contribution in [-0.2, 0) is 5.54 Å². The summed E-state index contributed by atoms with van der Waals surface area (Å²) in [5.41, 5.74) is 6.10. The van der Waals surface area contributed by atoms with Gasteiger partial charge >= 0.3 is 0 Å². The summed E-state index contributed by atoms with van der Waals surface area (Å²) in [6, 6.07) is 3.00. The number of benzene rings is 1. The third-order valence-corrected chi connectivity index (χ3v) is 4.55. The quantitative estimate of drug-likeness (QED) is 0.862. The van der Waals surface area contributed by atoms with Gasteiger partial charge in [-0.1, -0.05) is 30.1 Å². The van der Waals surface area contributed by atoms with E-state index >= 15 is 0 Å². The molecule has 110 valence electrons. The van der Waals surface area contributed by atoms with Crippen molar-refractivity contribution in [1.82, 2.24) is 4.90 Å². The van der Waals surface area contributed by atoms with Crippen LogP contribution in [0.1, 0.15) is 32.8 Å². The molecule has 0 saturated carbocycles. The molecule has 1 aliphatic heterocycles. The van der Waals surface area contributed by atoms with E-state index in [4.69, 9.17) is 28.9 Å². The summed E-state index contributed by atoms with van der Waals surface area (Å²) in [7, 11) is 0. The number of rotatable bonds is 3. The molecule has 1 aromatic rings. The van der Waals surface area contributed by atoms with E-state index < -0.39 is 11.4 Å². The lowest BCUT2D eigenvalue weighted by Gasteiger charge is -2.41. The summed E-state index contributed by atoms with van der Waals surface area (Å²) in [6.07, 6.45) is 0.902. The fourth-order valence-electron chi connectivity index (χ4n) is 2.69. The van der Waals surface area contributed by atoms with E-state index in [2.05, 4.69) is 18.8 Å². The zero-order chi connectivity index (χ0) is 15.1. The number of nitrogens with zero attached hydrogens (tertiary/aromatic N) is 2. The van der Waals surface area contributed by atoms with E-state index in [1.54, 1.807) is 0 Å². The first-order chi connectivity index (χ1) is 9.31. The van der Waals surface area contributed by atoms with Gasteiger partial charge in [-0.25, -0.2) is 4.39 Å². The molecule has 1 aromatic carbocycles. The van der Waals surface area contributed by atoms with E-state index in [0.29, 0.717) is 23.1 Å². The van der Waals surface area contributed by atoms with Crippen molar-refractivity contribution in [3.63, 3.8) is 0 Å². The minimum Gasteiger partial charge on any atom is -0.370 e. The Morgan fingerprint density at radius 2 is 2.10 bits per heavy atom. The molecule has 1 heterocycles. The minimum absolute atomic E-state index is 0.0179. The Kier molecular flexibility index (Phi) is 4.17. The monoisotopic (exact) mass is 317 g/mol. The van der Waals surface area contributed by atoms with Gasteiger partial charge in [0.15, 0.2) is 5.96 Å². The van der Waals surface area contributed by atoms with Crippen LogP contribution < -0.4 is 5.73 Å². The second-order valence-corrected chi connectivity index (χ2v) is 6.14. The Morgan fingerprint density at radius 3 is 2.70 bits per heavy atom. The van der Waals surface area contributed by atoms with Gasteiger partial charge in [-0.2, -0.15) is 0 Å². The van der Waals surface area contributed by atoms with Gasteiger partial charge in [0.25, 0.3) is 0 Å². The molecule has 1 aliphatic rings. The van der Waals surface area contributed by atoms with E-state index in [1.807, 2.05) is 11.8 Å². The molecule has 2 unspecified atom stereocenters. The molecule has 0 bridgehead atoms. The molecule has 0 aromatic heterocycles. The van der Waals surface area contributed by atoms with Gasteiger partial charge in [0.05, 0.1) is 17.1 Å². The fraction of sp³-hybridized carbons (Fsp3) is 0.500. The Hall–Kier alpha value is -1.00. The summed E-state index contributed by atoms with van der Waals surface area (Å²) >= 11 is 12.0. The van der Waals surface area contributed by atoms with Crippen molar-refractivity contribution >= 4 is 29.2 Å². The maximum absolute atomic E-state index is 13.8. The highest BCUT2D eigenvalue weighted by atomic mass is 35.5. The summed E-state index contributed by atoms with van der Waals surface area (Å²) < 4.78 is 13.8. The number of hydrogen-bond donors (Lipinski definition) is 1. The fourth-order valence-corrected chi connectivity index (χ4v) is 3.27. The Morgan fingerprint density at radius 1 is 1.45 bits per heavy atom. The predicted molar refractivity (Wildman–Crippen MR) is 81.9 cm³/mol. The van der Waals surface area contributed by atoms with E-state index in [1.165, 1.54) is 12.1 Å². The summed E-state index contributed by atoms with van der Waals surface area (Å²) in [5.74, 6) is -0.0184. The first kappa shape index (κ1) is 15.4. The SMILES string of the molecule is CCC(C)N1C(N)=NCC1(C)c1cc(F)c(Cl)cc1Cl. The van der Waals surface area contributed by atoms with Gasteiger partial charge in [-0.05, 0) is 32.4 Å². The molecule has 2 atom stereocenters. The molecule has 20 heavy (non-hydrogen) atoms. The molecule has 0 saturated heterocycles. The third kappa shape index (κ3) is 2.35. The van der Waals surface area contributed by atoms with Crippen molar-refractivity contribution in [2.75, 3.05) is 6.54 Å². The van der Waals surface area contributed by atoms with Crippen molar-refractivity contribution in [2.45, 2.75) is 38.8 Å². The topological polar surface area (TPSA) is 41.6 Å². The van der Waals surface area contributed by atoms with Crippen LogP contribution in [0.3, 0.4) is 0 Å². The van der Waals surface area contributed by atoms with Gasteiger partial charge < -0.3 is 10.6 Å². The first-order valence-electron chi connectivity index (χ1n) is 6.55. The second kappa shape index (κ2) is 5.41. The first-order valence-corrected chi connectivity index (χ1v) is 7.31. The van der Waals surface area contributed by atoms with Gasteiger partial charge in [0, 0.05) is 16.6 Å². The van der Waals surface area contributed by atoms with Crippen molar-refractivity contribution < 1.29 is 4.39 Å². The maximum Gasteiger partial charge on any atom is 0.192 e. The number of halogens is 3. The number of nitrogens with two attached hydrogens (primary N) is 1. The molecule has 0 aliphatic carbocycles. The molecule has 0 spiro atoms. The van der Waals surface area contributed by atoms with Gasteiger partial charge in [0.1, 0.15) is 5.82 Å². The second-order valence-electron chi connectivity index (χ2n) is 5.32. The van der Waals surface area contributed by atoms with Crippen LogP contribution in [0, 0.1) is 5.82 Å². The van der Waals surface area contributed by atoms with Gasteiger partial charge in [0.2, 0.25) is 0 Å². The average molecular weight is 318 g/mol. The highest BCUT2D eigenvalue weighted by Crippen LogP contribution is 2.40. The van der Waals surface area contributed by atoms with Gasteiger partial charge in [-0.3, -0.25) is 4.99 Å². The van der Waals surface area contributed by atoms with Crippen LogP contribution in [0.15, 0.2) is 17.1 Å². The van der Waals surface area contributed by atoms with Crippen LogP contribution in [0.25, 0.3) is 0 Å².